The van der Waals surface area contributed by atoms with Crippen LogP contribution in [-0.4, -0.2) is 20.3 Å². The fraction of sp³-hybridized carbons (Fsp3) is 0. The molecule has 6 nitrogen and oxygen atoms in total. The maximum atomic E-state index is 9.75. The Morgan fingerprint density at radius 3 is 2.61 bits per heavy atom. The summed E-state index contributed by atoms with van der Waals surface area (Å²) in [6.07, 6.45) is 1.36. The minimum Gasteiger partial charge on any atom is -0.507 e. The van der Waals surface area contributed by atoms with Crippen LogP contribution in [0.1, 0.15) is 0 Å². The highest BCUT2D eigenvalue weighted by Gasteiger charge is 2.03. The van der Waals surface area contributed by atoms with Crippen LogP contribution in [0, 0.1) is 0 Å². The third-order valence-corrected chi connectivity index (χ3v) is 2.53. The zero-order valence-corrected chi connectivity index (χ0v) is 9.28. The quantitative estimate of drug-likeness (QED) is 0.673. The molecule has 88 valence electrons. The predicted octanol–water partition coefficient (Wildman–Crippen LogP) is 3.08. The van der Waals surface area contributed by atoms with Gasteiger partial charge in [-0.3, -0.25) is 0 Å². The van der Waals surface area contributed by atoms with Crippen molar-refractivity contribution in [2.75, 3.05) is 0 Å². The number of rotatable bonds is 2. The number of aromatic nitrogens is 3. The van der Waals surface area contributed by atoms with Crippen LogP contribution < -0.4 is 0 Å². The second kappa shape index (κ2) is 4.25. The van der Waals surface area contributed by atoms with Crippen LogP contribution in [0.25, 0.3) is 10.8 Å². The number of H-pyrrole nitrogens is 1. The average molecular weight is 239 g/mol. The molecule has 0 aliphatic carbocycles. The fourth-order valence-electron chi connectivity index (χ4n) is 1.70. The highest BCUT2D eigenvalue weighted by Crippen LogP contribution is 2.32. The maximum absolute atomic E-state index is 9.75. The van der Waals surface area contributed by atoms with Crippen LogP contribution in [0.15, 0.2) is 53.0 Å². The fourth-order valence-corrected chi connectivity index (χ4v) is 1.70. The van der Waals surface area contributed by atoms with Crippen LogP contribution >= 0.6 is 0 Å². The van der Waals surface area contributed by atoms with E-state index >= 15 is 0 Å². The van der Waals surface area contributed by atoms with Gasteiger partial charge in [0.25, 0.3) is 5.95 Å². The first-order chi connectivity index (χ1) is 8.84. The van der Waals surface area contributed by atoms with Gasteiger partial charge in [0.05, 0.1) is 5.69 Å². The molecule has 6 heteroatoms. The normalized spacial score (nSPS) is 11.3. The second-order valence-corrected chi connectivity index (χ2v) is 3.66. The Hall–Kier alpha value is -2.76. The molecule has 1 aromatic heterocycles. The van der Waals surface area contributed by atoms with E-state index in [1.54, 1.807) is 12.1 Å². The molecule has 0 spiro atoms. The van der Waals surface area contributed by atoms with Crippen LogP contribution in [0.3, 0.4) is 0 Å². The van der Waals surface area contributed by atoms with Crippen molar-refractivity contribution in [2.45, 2.75) is 0 Å². The number of fused-ring (bicyclic) bond motifs is 1. The van der Waals surface area contributed by atoms with Crippen molar-refractivity contribution in [3.05, 3.63) is 42.7 Å². The Morgan fingerprint density at radius 1 is 1.00 bits per heavy atom. The summed E-state index contributed by atoms with van der Waals surface area (Å²) in [5.41, 5.74) is 0.666. The number of hydrogen-bond donors (Lipinski definition) is 2. The molecule has 0 aliphatic rings. The van der Waals surface area contributed by atoms with Crippen molar-refractivity contribution < 1.29 is 5.11 Å². The summed E-state index contributed by atoms with van der Waals surface area (Å²) in [6, 6.07) is 10.8. The van der Waals surface area contributed by atoms with E-state index in [-0.39, 0.29) is 5.75 Å². The predicted molar refractivity (Wildman–Crippen MR) is 66.2 cm³/mol. The van der Waals surface area contributed by atoms with Gasteiger partial charge in [0.1, 0.15) is 12.1 Å². The Bertz CT molecular complexity index is 706. The zero-order chi connectivity index (χ0) is 12.4. The standard InChI is InChI=1S/C12H9N5O/c18-11-6-5-10(8-3-1-2-4-9(8)11)15-17-12-13-7-14-16-12/h1-7,18H,(H,13,14,16). The first-order valence-corrected chi connectivity index (χ1v) is 5.32. The molecule has 1 heterocycles. The molecular weight excluding hydrogens is 230 g/mol. The first kappa shape index (κ1) is 10.4. The summed E-state index contributed by atoms with van der Waals surface area (Å²) in [5.74, 6) is 0.566. The lowest BCUT2D eigenvalue weighted by molar-refractivity contribution is 0.481. The molecule has 2 aromatic carbocycles. The molecule has 2 N–H and O–H groups in total. The monoisotopic (exact) mass is 239 g/mol. The smallest absolute Gasteiger partial charge is 0.264 e. The van der Waals surface area contributed by atoms with Gasteiger partial charge >= 0.3 is 0 Å². The van der Waals surface area contributed by atoms with Crippen molar-refractivity contribution in [1.29, 1.82) is 0 Å². The number of azo groups is 1. The number of phenolic OH excluding ortho intramolecular Hbond substituents is 1. The van der Waals surface area contributed by atoms with E-state index in [9.17, 15) is 5.11 Å². The second-order valence-electron chi connectivity index (χ2n) is 3.66. The van der Waals surface area contributed by atoms with Gasteiger partial charge in [-0.1, -0.05) is 24.3 Å². The third-order valence-electron chi connectivity index (χ3n) is 2.53. The Kier molecular flexibility index (Phi) is 2.45. The van der Waals surface area contributed by atoms with Crippen molar-refractivity contribution in [3.8, 4) is 5.75 Å². The highest BCUT2D eigenvalue weighted by molar-refractivity contribution is 5.96. The van der Waals surface area contributed by atoms with Crippen LogP contribution in [0.2, 0.25) is 0 Å². The van der Waals surface area contributed by atoms with E-state index in [1.165, 1.54) is 6.33 Å². The van der Waals surface area contributed by atoms with E-state index in [1.807, 2.05) is 24.3 Å². The minimum absolute atomic E-state index is 0.226. The molecule has 18 heavy (non-hydrogen) atoms. The minimum atomic E-state index is 0.226. The zero-order valence-electron chi connectivity index (χ0n) is 9.28. The summed E-state index contributed by atoms with van der Waals surface area (Å²) in [5, 5.41) is 25.6. The molecule has 3 rings (SSSR count). The van der Waals surface area contributed by atoms with Gasteiger partial charge in [-0.05, 0) is 12.1 Å². The molecule has 3 aromatic rings. The van der Waals surface area contributed by atoms with Gasteiger partial charge in [0.15, 0.2) is 0 Å². The first-order valence-electron chi connectivity index (χ1n) is 5.32. The SMILES string of the molecule is Oc1ccc(N=Nc2ncn[nH]2)c2ccccc12. The van der Waals surface area contributed by atoms with Gasteiger partial charge in [0, 0.05) is 10.8 Å². The number of nitrogens with one attached hydrogen (secondary N) is 1. The van der Waals surface area contributed by atoms with E-state index in [0.29, 0.717) is 11.6 Å². The Morgan fingerprint density at radius 2 is 1.83 bits per heavy atom. The lowest BCUT2D eigenvalue weighted by Crippen LogP contribution is -1.75. The van der Waals surface area contributed by atoms with Crippen molar-refractivity contribution in [3.63, 3.8) is 0 Å². The molecule has 0 saturated heterocycles. The molecular formula is C12H9N5O. The van der Waals surface area contributed by atoms with Gasteiger partial charge < -0.3 is 5.11 Å². The van der Waals surface area contributed by atoms with Crippen LogP contribution in [0.4, 0.5) is 11.6 Å². The van der Waals surface area contributed by atoms with Crippen LogP contribution in [-0.2, 0) is 0 Å². The lowest BCUT2D eigenvalue weighted by atomic mass is 10.1. The van der Waals surface area contributed by atoms with Crippen molar-refractivity contribution >= 4 is 22.4 Å². The number of benzene rings is 2. The Balaban J connectivity index is 2.10. The topological polar surface area (TPSA) is 86.5 Å². The van der Waals surface area contributed by atoms with E-state index in [4.69, 9.17) is 0 Å². The summed E-state index contributed by atoms with van der Waals surface area (Å²) in [4.78, 5) is 3.85. The molecule has 0 saturated carbocycles. The number of aromatic amines is 1. The van der Waals surface area contributed by atoms with E-state index in [0.717, 1.165) is 10.8 Å². The molecule has 0 fully saturated rings. The number of nitrogens with zero attached hydrogens (tertiary/aromatic N) is 4. The van der Waals surface area contributed by atoms with Crippen molar-refractivity contribution in [1.82, 2.24) is 15.2 Å². The van der Waals surface area contributed by atoms with Gasteiger partial charge in [-0.2, -0.15) is 10.1 Å². The van der Waals surface area contributed by atoms with Gasteiger partial charge in [0.2, 0.25) is 0 Å². The number of hydrogen-bond acceptors (Lipinski definition) is 5. The largest absolute Gasteiger partial charge is 0.507 e. The maximum Gasteiger partial charge on any atom is 0.264 e. The average Bonchev–Trinajstić information content (AvgIpc) is 2.92. The van der Waals surface area contributed by atoms with Gasteiger partial charge in [-0.15, -0.1) is 10.2 Å². The molecule has 0 radical (unpaired) electrons. The molecule has 0 amide bonds. The van der Waals surface area contributed by atoms with Crippen molar-refractivity contribution in [2.24, 2.45) is 10.2 Å². The van der Waals surface area contributed by atoms with Crippen LogP contribution in [0.5, 0.6) is 5.75 Å². The molecule has 0 bridgehead atoms. The molecule has 0 aliphatic heterocycles. The van der Waals surface area contributed by atoms with E-state index < -0.39 is 0 Å². The Labute approximate surface area is 102 Å². The summed E-state index contributed by atoms with van der Waals surface area (Å²) >= 11 is 0. The van der Waals surface area contributed by atoms with Gasteiger partial charge in [-0.25, -0.2) is 5.10 Å². The third kappa shape index (κ3) is 1.80. The summed E-state index contributed by atoms with van der Waals surface area (Å²) in [6.45, 7) is 0. The highest BCUT2D eigenvalue weighted by atomic mass is 16.3. The number of phenols is 1. The molecule has 0 atom stereocenters. The molecule has 0 unspecified atom stereocenters. The lowest BCUT2D eigenvalue weighted by Gasteiger charge is -2.02. The number of aromatic hydroxyl groups is 1. The van der Waals surface area contributed by atoms with E-state index in [2.05, 4.69) is 25.4 Å². The summed E-state index contributed by atoms with van der Waals surface area (Å²) < 4.78 is 0. The summed E-state index contributed by atoms with van der Waals surface area (Å²) in [7, 11) is 0.